The number of ketones is 1. The third-order valence-corrected chi connectivity index (χ3v) is 7.83. The number of amides is 1. The predicted molar refractivity (Wildman–Crippen MR) is 191 cm³/mol. The zero-order chi connectivity index (χ0) is 35.0. The molecule has 0 aliphatic carbocycles. The summed E-state index contributed by atoms with van der Waals surface area (Å²) in [6, 6.07) is 6.17. The normalized spacial score (nSPS) is 15.8. The minimum Gasteiger partial charge on any atom is -0.361 e. The Bertz CT molecular complexity index is 1410. The van der Waals surface area contributed by atoms with E-state index in [0.717, 1.165) is 17.1 Å². The van der Waals surface area contributed by atoms with E-state index in [2.05, 4.69) is 60.5 Å². The highest BCUT2D eigenvalue weighted by molar-refractivity contribution is 7.90. The lowest BCUT2D eigenvalue weighted by Crippen LogP contribution is -2.33. The van der Waals surface area contributed by atoms with Gasteiger partial charge in [0.15, 0.2) is 0 Å². The Kier molecular flexibility index (Phi) is 21.9. The van der Waals surface area contributed by atoms with Gasteiger partial charge >= 0.3 is 11.3 Å². The molecule has 0 saturated carbocycles. The number of benzene rings is 1. The molecule has 272 valence electrons. The Morgan fingerprint density at radius 2 is 1.54 bits per heavy atom. The maximum absolute atomic E-state index is 11.9. The lowest BCUT2D eigenvalue weighted by atomic mass is 10.1. The SMILES string of the molecule is C.C.C=C1N=C(C(C)C)NO1.CC(=O)CCc1ccc(S(=O)(=O)NC(=O)C(C)C)cc1.CC(C)C1=NN=NC1.CC(C)C1=NS(=O)ON1. The van der Waals surface area contributed by atoms with E-state index in [9.17, 15) is 22.2 Å². The number of carbonyl (C=O) groups excluding carboxylic acids is 2. The fourth-order valence-corrected chi connectivity index (χ4v) is 4.66. The van der Waals surface area contributed by atoms with Crippen LogP contribution in [-0.2, 0) is 46.4 Å². The molecule has 48 heavy (non-hydrogen) atoms. The highest BCUT2D eigenvalue weighted by Gasteiger charge is 2.19. The lowest BCUT2D eigenvalue weighted by Gasteiger charge is -2.09. The summed E-state index contributed by atoms with van der Waals surface area (Å²) in [4.78, 5) is 31.1. The van der Waals surface area contributed by atoms with Gasteiger partial charge in [0.25, 0.3) is 10.0 Å². The first-order chi connectivity index (χ1) is 21.4. The van der Waals surface area contributed by atoms with Crippen molar-refractivity contribution in [1.82, 2.24) is 15.7 Å². The number of nitrogens with zero attached hydrogens (tertiary/aromatic N) is 5. The molecule has 1 unspecified atom stereocenters. The summed E-state index contributed by atoms with van der Waals surface area (Å²) in [5, 5.41) is 11.0. The molecule has 0 bridgehead atoms. The van der Waals surface area contributed by atoms with Gasteiger partial charge in [-0.2, -0.15) is 14.4 Å². The number of Topliss-reactive ketones (excluding diaryl/α,β-unsaturated/α-hetero) is 1. The molecule has 1 aromatic rings. The van der Waals surface area contributed by atoms with Crippen molar-refractivity contribution >= 4 is 50.4 Å². The summed E-state index contributed by atoms with van der Waals surface area (Å²) in [7, 11) is -3.82. The van der Waals surface area contributed by atoms with Crippen molar-refractivity contribution in [2.75, 3.05) is 6.54 Å². The third-order valence-electron chi connectivity index (χ3n) is 5.90. The summed E-state index contributed by atoms with van der Waals surface area (Å²) >= 11 is -1.50. The Hall–Kier alpha value is -3.83. The third kappa shape index (κ3) is 17.9. The molecule has 3 aliphatic heterocycles. The number of aryl methyl sites for hydroxylation is 1. The van der Waals surface area contributed by atoms with E-state index in [4.69, 9.17) is 4.84 Å². The van der Waals surface area contributed by atoms with Crippen LogP contribution < -0.4 is 15.7 Å². The number of nitrogens with one attached hydrogen (secondary N) is 3. The number of amidine groups is 2. The predicted octanol–water partition coefficient (Wildman–Crippen LogP) is 5.61. The van der Waals surface area contributed by atoms with E-state index in [0.29, 0.717) is 42.9 Å². The zero-order valence-corrected chi connectivity index (χ0v) is 29.5. The molecule has 1 atom stereocenters. The standard InChI is InChI=1S/C14H19NO4S.C6H10N2O.C5H9N3.C4H8N2O2S.2CH4/c1-10(2)14(17)15-20(18,19)13-8-6-12(7-9-13)5-4-11(3)16;1-4(2)6-7-5(3)9-8-6;1-4(2)5-3-6-8-7-5;1-3(2)4-5-8-9(7)6-4;;/h6-10H,4-5H2,1-3H3,(H,15,17);4H,3H2,1-2H3,(H,7,8);4H,3H2,1-2H3;3H,1-2H3,(H,5,6);2*1H4. The van der Waals surface area contributed by atoms with E-state index in [1.54, 1.807) is 26.0 Å². The number of carbonyl (C=O) groups is 2. The van der Waals surface area contributed by atoms with E-state index in [1.165, 1.54) is 19.1 Å². The molecule has 3 aliphatic rings. The van der Waals surface area contributed by atoms with Gasteiger partial charge in [0.2, 0.25) is 11.8 Å². The van der Waals surface area contributed by atoms with Crippen LogP contribution in [-0.4, -0.2) is 48.2 Å². The molecular formula is C31H54N8O7S2. The smallest absolute Gasteiger partial charge is 0.309 e. The number of hydroxylamine groups is 2. The van der Waals surface area contributed by atoms with E-state index in [-0.39, 0.29) is 31.4 Å². The van der Waals surface area contributed by atoms with Crippen molar-refractivity contribution in [3.05, 3.63) is 42.3 Å². The first-order valence-electron chi connectivity index (χ1n) is 14.6. The quantitative estimate of drug-likeness (QED) is 0.291. The van der Waals surface area contributed by atoms with E-state index < -0.39 is 33.1 Å². The highest BCUT2D eigenvalue weighted by atomic mass is 32.2. The minimum atomic E-state index is -3.82. The number of hydrogen-bond donors (Lipinski definition) is 3. The molecule has 3 N–H and O–H groups in total. The van der Waals surface area contributed by atoms with Crippen molar-refractivity contribution in [1.29, 1.82) is 0 Å². The molecule has 1 aromatic carbocycles. The van der Waals surface area contributed by atoms with Crippen molar-refractivity contribution < 1.29 is 31.3 Å². The van der Waals surface area contributed by atoms with Gasteiger partial charge in [0, 0.05) is 24.2 Å². The molecule has 4 rings (SSSR count). The van der Waals surface area contributed by atoms with Crippen LogP contribution in [0.1, 0.15) is 89.2 Å². The lowest BCUT2D eigenvalue weighted by molar-refractivity contribution is -0.122. The second kappa shape index (κ2) is 22.7. The van der Waals surface area contributed by atoms with Gasteiger partial charge in [-0.1, -0.05) is 82.4 Å². The maximum atomic E-state index is 11.9. The number of rotatable bonds is 9. The molecule has 17 heteroatoms. The van der Waals surface area contributed by atoms with Crippen molar-refractivity contribution in [2.45, 2.75) is 94.9 Å². The Balaban J connectivity index is 0. The summed E-state index contributed by atoms with van der Waals surface area (Å²) in [6.07, 6.45) is 1.00. The summed E-state index contributed by atoms with van der Waals surface area (Å²) < 4.78 is 44.4. The minimum absolute atomic E-state index is 0. The summed E-state index contributed by atoms with van der Waals surface area (Å²) in [5.74, 6) is 2.22. The van der Waals surface area contributed by atoms with Crippen LogP contribution in [0.15, 0.2) is 66.5 Å². The van der Waals surface area contributed by atoms with Crippen LogP contribution in [0, 0.1) is 23.7 Å². The van der Waals surface area contributed by atoms with Gasteiger partial charge in [-0.3, -0.25) is 4.79 Å². The van der Waals surface area contributed by atoms with Gasteiger partial charge in [0.1, 0.15) is 24.0 Å². The number of aliphatic imine (C=N–C) groups is 1. The van der Waals surface area contributed by atoms with Gasteiger partial charge in [-0.25, -0.2) is 28.3 Å². The van der Waals surface area contributed by atoms with E-state index in [1.807, 2.05) is 32.4 Å². The molecule has 0 spiro atoms. The van der Waals surface area contributed by atoms with E-state index >= 15 is 0 Å². The maximum Gasteiger partial charge on any atom is 0.309 e. The second-order valence-corrected chi connectivity index (χ2v) is 13.9. The summed E-state index contributed by atoms with van der Waals surface area (Å²) in [6.45, 7) is 21.1. The largest absolute Gasteiger partial charge is 0.361 e. The van der Waals surface area contributed by atoms with Gasteiger partial charge in [-0.15, -0.1) is 9.50 Å². The Morgan fingerprint density at radius 3 is 1.85 bits per heavy atom. The highest BCUT2D eigenvalue weighted by Crippen LogP contribution is 2.13. The van der Waals surface area contributed by atoms with Crippen molar-refractivity contribution in [3.63, 3.8) is 0 Å². The van der Waals surface area contributed by atoms with Gasteiger partial charge in [-0.05, 0) is 48.8 Å². The van der Waals surface area contributed by atoms with Crippen LogP contribution in [0.2, 0.25) is 0 Å². The topological polar surface area (TPSA) is 202 Å². The summed E-state index contributed by atoms with van der Waals surface area (Å²) in [5.41, 5.74) is 7.08. The van der Waals surface area contributed by atoms with Crippen LogP contribution in [0.5, 0.6) is 0 Å². The Morgan fingerprint density at radius 1 is 0.958 bits per heavy atom. The molecule has 0 aromatic heterocycles. The van der Waals surface area contributed by atoms with Gasteiger partial charge in [0.05, 0.1) is 10.6 Å². The van der Waals surface area contributed by atoms with Crippen LogP contribution in [0.3, 0.4) is 0 Å². The van der Waals surface area contributed by atoms with Crippen LogP contribution in [0.4, 0.5) is 0 Å². The second-order valence-electron chi connectivity index (χ2n) is 11.4. The first-order valence-corrected chi connectivity index (χ1v) is 17.2. The monoisotopic (exact) mass is 714 g/mol. The number of sulfonamides is 1. The molecule has 0 fully saturated rings. The van der Waals surface area contributed by atoms with Gasteiger partial charge < -0.3 is 9.63 Å². The zero-order valence-electron chi connectivity index (χ0n) is 27.9. The van der Waals surface area contributed by atoms with Crippen molar-refractivity contribution in [3.8, 4) is 0 Å². The molecule has 0 radical (unpaired) electrons. The fourth-order valence-electron chi connectivity index (χ4n) is 2.94. The average Bonchev–Trinajstić information content (AvgIpc) is 3.76. The van der Waals surface area contributed by atoms with Crippen LogP contribution >= 0.6 is 0 Å². The average molecular weight is 715 g/mol. The molecule has 15 nitrogen and oxygen atoms in total. The molecule has 1 amide bonds. The molecule has 3 heterocycles. The number of hydrogen-bond acceptors (Lipinski definition) is 13. The molecular weight excluding hydrogens is 661 g/mol. The first kappa shape index (κ1) is 46.3. The fraction of sp³-hybridized carbons (Fsp3) is 0.581. The molecule has 0 saturated heterocycles. The van der Waals surface area contributed by atoms with Crippen molar-refractivity contribution in [2.24, 2.45) is 48.5 Å². The Labute approximate surface area is 289 Å². The van der Waals surface area contributed by atoms with Crippen LogP contribution in [0.25, 0.3) is 0 Å².